The molecule has 2 aliphatic rings. The molecule has 0 saturated heterocycles. The SMILES string of the molecule is COC(=O)C1=C(C)NC(=S)NC1c1cccc(C2NC(=S)NC(C)=C2C(=O)OC)c1. The number of benzene rings is 1. The van der Waals surface area contributed by atoms with Gasteiger partial charge in [0.25, 0.3) is 0 Å². The average molecular weight is 447 g/mol. The van der Waals surface area contributed by atoms with Gasteiger partial charge in [-0.05, 0) is 49.4 Å². The van der Waals surface area contributed by atoms with Crippen LogP contribution in [0.3, 0.4) is 0 Å². The van der Waals surface area contributed by atoms with Crippen LogP contribution in [-0.2, 0) is 19.1 Å². The molecule has 2 aliphatic heterocycles. The Labute approximate surface area is 185 Å². The fraction of sp³-hybridized carbons (Fsp3) is 0.300. The van der Waals surface area contributed by atoms with Crippen LogP contribution in [0, 0.1) is 0 Å². The highest BCUT2D eigenvalue weighted by molar-refractivity contribution is 7.80. The van der Waals surface area contributed by atoms with Gasteiger partial charge < -0.3 is 30.7 Å². The van der Waals surface area contributed by atoms with Gasteiger partial charge >= 0.3 is 11.9 Å². The lowest BCUT2D eigenvalue weighted by Crippen LogP contribution is -2.46. The second kappa shape index (κ2) is 8.80. The van der Waals surface area contributed by atoms with E-state index in [-0.39, 0.29) is 0 Å². The third kappa shape index (κ3) is 4.14. The van der Waals surface area contributed by atoms with E-state index in [9.17, 15) is 9.59 Å². The molecule has 2 unspecified atom stereocenters. The Morgan fingerprint density at radius 3 is 1.60 bits per heavy atom. The Morgan fingerprint density at radius 1 is 0.833 bits per heavy atom. The summed E-state index contributed by atoms with van der Waals surface area (Å²) in [6.45, 7) is 3.54. The lowest BCUT2D eigenvalue weighted by atomic mass is 9.90. The molecule has 0 saturated carbocycles. The van der Waals surface area contributed by atoms with Crippen molar-refractivity contribution in [3.05, 3.63) is 57.9 Å². The average Bonchev–Trinajstić information content (AvgIpc) is 2.71. The maximum absolute atomic E-state index is 12.4. The lowest BCUT2D eigenvalue weighted by Gasteiger charge is -2.32. The smallest absolute Gasteiger partial charge is 0.337 e. The molecule has 0 spiro atoms. The van der Waals surface area contributed by atoms with Crippen LogP contribution in [-0.4, -0.2) is 36.4 Å². The van der Waals surface area contributed by atoms with Crippen LogP contribution < -0.4 is 21.3 Å². The standard InChI is InChI=1S/C20H22N4O4S2/c1-9-13(17(25)27-3)15(23-19(29)21-9)11-6-5-7-12(8-11)16-14(18(26)28-4)10(2)22-20(30)24-16/h5-8,15-16H,1-4H3,(H2,21,23,29)(H2,22,24,30). The summed E-state index contributed by atoms with van der Waals surface area (Å²) < 4.78 is 9.92. The Morgan fingerprint density at radius 2 is 1.23 bits per heavy atom. The van der Waals surface area contributed by atoms with Crippen LogP contribution in [0.4, 0.5) is 0 Å². The summed E-state index contributed by atoms with van der Waals surface area (Å²) in [6.07, 6.45) is 0. The molecule has 0 bridgehead atoms. The molecule has 10 heteroatoms. The van der Waals surface area contributed by atoms with Gasteiger partial charge in [0.1, 0.15) is 0 Å². The third-order valence-electron chi connectivity index (χ3n) is 4.93. The van der Waals surface area contributed by atoms with E-state index >= 15 is 0 Å². The normalized spacial score (nSPS) is 21.2. The largest absolute Gasteiger partial charge is 0.466 e. The van der Waals surface area contributed by atoms with E-state index in [0.29, 0.717) is 32.8 Å². The van der Waals surface area contributed by atoms with Crippen molar-refractivity contribution < 1.29 is 19.1 Å². The number of esters is 2. The summed E-state index contributed by atoms with van der Waals surface area (Å²) in [6, 6.07) is 6.47. The van der Waals surface area contributed by atoms with Crippen molar-refractivity contribution in [1.29, 1.82) is 0 Å². The zero-order valence-electron chi connectivity index (χ0n) is 16.9. The molecule has 30 heavy (non-hydrogen) atoms. The summed E-state index contributed by atoms with van der Waals surface area (Å²) in [7, 11) is 2.66. The number of thiocarbonyl (C=S) groups is 2. The van der Waals surface area contributed by atoms with Crippen molar-refractivity contribution in [2.45, 2.75) is 25.9 Å². The first kappa shape index (κ1) is 21.7. The summed E-state index contributed by atoms with van der Waals surface area (Å²) in [4.78, 5) is 24.8. The molecule has 0 amide bonds. The maximum atomic E-state index is 12.4. The molecule has 2 heterocycles. The number of nitrogens with one attached hydrogen (secondary N) is 4. The van der Waals surface area contributed by atoms with Gasteiger partial charge in [-0.15, -0.1) is 0 Å². The summed E-state index contributed by atoms with van der Waals surface area (Å²) in [5, 5.41) is 13.0. The lowest BCUT2D eigenvalue weighted by molar-refractivity contribution is -0.137. The second-order valence-electron chi connectivity index (χ2n) is 6.79. The number of hydrogen-bond acceptors (Lipinski definition) is 6. The number of carbonyl (C=O) groups is 2. The van der Waals surface area contributed by atoms with Crippen molar-refractivity contribution in [1.82, 2.24) is 21.3 Å². The first-order chi connectivity index (χ1) is 14.3. The van der Waals surface area contributed by atoms with E-state index < -0.39 is 24.0 Å². The first-order valence-electron chi connectivity index (χ1n) is 9.09. The van der Waals surface area contributed by atoms with Gasteiger partial charge in [-0.2, -0.15) is 0 Å². The van der Waals surface area contributed by atoms with E-state index in [1.54, 1.807) is 13.8 Å². The number of methoxy groups -OCH3 is 2. The third-order valence-corrected chi connectivity index (χ3v) is 5.37. The highest BCUT2D eigenvalue weighted by Gasteiger charge is 2.33. The highest BCUT2D eigenvalue weighted by Crippen LogP contribution is 2.32. The molecule has 0 aliphatic carbocycles. The van der Waals surface area contributed by atoms with Gasteiger partial charge in [-0.3, -0.25) is 0 Å². The molecule has 158 valence electrons. The van der Waals surface area contributed by atoms with Gasteiger partial charge in [0, 0.05) is 11.4 Å². The minimum Gasteiger partial charge on any atom is -0.466 e. The predicted octanol–water partition coefficient (Wildman–Crippen LogP) is 1.62. The number of carbonyl (C=O) groups excluding carboxylic acids is 2. The van der Waals surface area contributed by atoms with Crippen LogP contribution in [0.1, 0.15) is 37.1 Å². The van der Waals surface area contributed by atoms with Crippen LogP contribution >= 0.6 is 24.4 Å². The second-order valence-corrected chi connectivity index (χ2v) is 7.61. The molecular formula is C20H22N4O4S2. The van der Waals surface area contributed by atoms with Crippen molar-refractivity contribution in [3.8, 4) is 0 Å². The Hall–Kier alpha value is -2.98. The number of rotatable bonds is 4. The van der Waals surface area contributed by atoms with Crippen molar-refractivity contribution in [2.24, 2.45) is 0 Å². The van der Waals surface area contributed by atoms with Crippen LogP contribution in [0.2, 0.25) is 0 Å². The van der Waals surface area contributed by atoms with Gasteiger partial charge in [0.05, 0.1) is 37.4 Å². The van der Waals surface area contributed by atoms with Crippen LogP contribution in [0.5, 0.6) is 0 Å². The van der Waals surface area contributed by atoms with E-state index in [4.69, 9.17) is 33.9 Å². The Balaban J connectivity index is 2.07. The molecule has 0 radical (unpaired) electrons. The van der Waals surface area contributed by atoms with Gasteiger partial charge in [-0.1, -0.05) is 24.3 Å². The Bertz CT molecular complexity index is 927. The van der Waals surface area contributed by atoms with Gasteiger partial charge in [0.2, 0.25) is 0 Å². The number of hydrogen-bond donors (Lipinski definition) is 4. The predicted molar refractivity (Wildman–Crippen MR) is 119 cm³/mol. The minimum atomic E-state index is -0.508. The van der Waals surface area contributed by atoms with E-state index in [2.05, 4.69) is 21.3 Å². The topological polar surface area (TPSA) is 101 Å². The molecule has 1 aromatic rings. The molecule has 0 aromatic heterocycles. The maximum Gasteiger partial charge on any atom is 0.337 e. The monoisotopic (exact) mass is 446 g/mol. The quantitative estimate of drug-likeness (QED) is 0.403. The van der Waals surface area contributed by atoms with Crippen LogP contribution in [0.15, 0.2) is 46.8 Å². The molecular weight excluding hydrogens is 424 g/mol. The number of allylic oxidation sites excluding steroid dienone is 2. The van der Waals surface area contributed by atoms with Gasteiger partial charge in [0.15, 0.2) is 10.2 Å². The molecule has 2 atom stereocenters. The fourth-order valence-electron chi connectivity index (χ4n) is 3.57. The Kier molecular flexibility index (Phi) is 6.37. The summed E-state index contributed by atoms with van der Waals surface area (Å²) in [5.74, 6) is -0.921. The highest BCUT2D eigenvalue weighted by atomic mass is 32.1. The molecule has 4 N–H and O–H groups in total. The van der Waals surface area contributed by atoms with Crippen molar-refractivity contribution >= 4 is 46.6 Å². The van der Waals surface area contributed by atoms with E-state index in [0.717, 1.165) is 11.1 Å². The summed E-state index contributed by atoms with van der Waals surface area (Å²) >= 11 is 10.6. The van der Waals surface area contributed by atoms with E-state index in [1.165, 1.54) is 14.2 Å². The zero-order valence-corrected chi connectivity index (χ0v) is 18.5. The molecule has 3 rings (SSSR count). The minimum absolute atomic E-state index is 0.405. The fourth-order valence-corrected chi connectivity index (χ4v) is 4.11. The van der Waals surface area contributed by atoms with Crippen molar-refractivity contribution in [2.75, 3.05) is 14.2 Å². The number of ether oxygens (including phenoxy) is 2. The molecule has 8 nitrogen and oxygen atoms in total. The van der Waals surface area contributed by atoms with Gasteiger partial charge in [-0.25, -0.2) is 9.59 Å². The van der Waals surface area contributed by atoms with Crippen molar-refractivity contribution in [3.63, 3.8) is 0 Å². The first-order valence-corrected chi connectivity index (χ1v) is 9.91. The van der Waals surface area contributed by atoms with Crippen LogP contribution in [0.25, 0.3) is 0 Å². The zero-order chi connectivity index (χ0) is 22.0. The summed E-state index contributed by atoms with van der Waals surface area (Å²) in [5.41, 5.74) is 3.66. The molecule has 1 aromatic carbocycles. The van der Waals surface area contributed by atoms with E-state index in [1.807, 2.05) is 24.3 Å². The molecule has 0 fully saturated rings.